The number of hydrogen-bond acceptors (Lipinski definition) is 2. The molecule has 0 aliphatic carbocycles. The fourth-order valence-electron chi connectivity index (χ4n) is 0.696. The predicted octanol–water partition coefficient (Wildman–Crippen LogP) is 1.80. The van der Waals surface area contributed by atoms with Crippen molar-refractivity contribution < 1.29 is 4.79 Å². The van der Waals surface area contributed by atoms with Crippen molar-refractivity contribution in [3.05, 3.63) is 29.8 Å². The zero-order valence-electron chi connectivity index (χ0n) is 6.66. The molecule has 11 heavy (non-hydrogen) atoms. The smallest absolute Gasteiger partial charge is 0.159 e. The molecule has 0 unspecified atom stereocenters. The summed E-state index contributed by atoms with van der Waals surface area (Å²) < 4.78 is 0. The van der Waals surface area contributed by atoms with Crippen LogP contribution in [-0.4, -0.2) is 35.3 Å². The fourth-order valence-corrected chi connectivity index (χ4v) is 0.845. The monoisotopic (exact) mass is 175 g/mol. The van der Waals surface area contributed by atoms with Crippen LogP contribution >= 0.6 is 12.6 Å². The second kappa shape index (κ2) is 4.99. The van der Waals surface area contributed by atoms with E-state index in [1.807, 2.05) is 0 Å². The number of rotatable bonds is 1. The van der Waals surface area contributed by atoms with Crippen LogP contribution in [0.25, 0.3) is 0 Å². The molecule has 0 N–H and O–H groups in total. The average molecular weight is 175 g/mol. The van der Waals surface area contributed by atoms with Crippen molar-refractivity contribution in [1.82, 2.24) is 0 Å². The van der Waals surface area contributed by atoms with Gasteiger partial charge in [0.15, 0.2) is 5.78 Å². The summed E-state index contributed by atoms with van der Waals surface area (Å²) in [6.07, 6.45) is 0. The van der Waals surface area contributed by atoms with Crippen molar-refractivity contribution in [2.45, 2.75) is 11.8 Å². The Kier molecular flexibility index (Phi) is 5.10. The van der Waals surface area contributed by atoms with E-state index < -0.39 is 0 Å². The molecule has 0 saturated heterocycles. The maximum atomic E-state index is 10.7. The largest absolute Gasteiger partial charge is 0.295 e. The molecule has 0 aliphatic heterocycles. The summed E-state index contributed by atoms with van der Waals surface area (Å²) in [5.41, 5.74) is 0.734. The Hall–Kier alpha value is 0.240. The van der Waals surface area contributed by atoms with Crippen LogP contribution in [0.4, 0.5) is 0 Å². The third-order valence-corrected chi connectivity index (χ3v) is 1.57. The number of benzene rings is 1. The average Bonchev–Trinajstić information content (AvgIpc) is 1.88. The maximum absolute atomic E-state index is 10.7. The van der Waals surface area contributed by atoms with Gasteiger partial charge in [0.05, 0.1) is 0 Å². The number of carbonyl (C=O) groups is 1. The molecule has 0 aliphatic rings. The first kappa shape index (κ1) is 11.2. The molecule has 1 aromatic rings. The molecule has 0 aromatic heterocycles. The van der Waals surface area contributed by atoms with Gasteiger partial charge in [0.1, 0.15) is 0 Å². The predicted molar refractivity (Wildman–Crippen MR) is 49.5 cm³/mol. The molecule has 1 radical (unpaired) electrons. The third kappa shape index (κ3) is 3.43. The van der Waals surface area contributed by atoms with E-state index in [2.05, 4.69) is 12.6 Å². The standard InChI is InChI=1S/C8H8OS.Na/c1-6(9)7-2-4-8(10)5-3-7;/h2-5,10H,1H3;. The topological polar surface area (TPSA) is 17.1 Å². The van der Waals surface area contributed by atoms with E-state index in [9.17, 15) is 4.79 Å². The van der Waals surface area contributed by atoms with E-state index in [-0.39, 0.29) is 35.3 Å². The summed E-state index contributed by atoms with van der Waals surface area (Å²) in [5.74, 6) is 0.0910. The van der Waals surface area contributed by atoms with Crippen LogP contribution in [0.1, 0.15) is 17.3 Å². The number of thiol groups is 1. The number of Topliss-reactive ketones (excluding diaryl/α,β-unsaturated/α-hetero) is 1. The van der Waals surface area contributed by atoms with Crippen LogP contribution in [0.2, 0.25) is 0 Å². The van der Waals surface area contributed by atoms with Gasteiger partial charge in [0.2, 0.25) is 0 Å². The van der Waals surface area contributed by atoms with Crippen LogP contribution in [0.3, 0.4) is 0 Å². The molecule has 0 atom stereocenters. The minimum atomic E-state index is 0. The molecule has 1 nitrogen and oxygen atoms in total. The van der Waals surface area contributed by atoms with Gasteiger partial charge in [-0.3, -0.25) is 4.79 Å². The number of carbonyl (C=O) groups excluding carboxylic acids is 1. The van der Waals surface area contributed by atoms with Gasteiger partial charge in [-0.05, 0) is 19.1 Å². The molecule has 53 valence electrons. The van der Waals surface area contributed by atoms with Gasteiger partial charge < -0.3 is 0 Å². The van der Waals surface area contributed by atoms with Crippen molar-refractivity contribution in [2.24, 2.45) is 0 Å². The van der Waals surface area contributed by atoms with Crippen LogP contribution in [0.15, 0.2) is 29.2 Å². The summed E-state index contributed by atoms with van der Waals surface area (Å²) in [5, 5.41) is 0. The first-order chi connectivity index (χ1) is 4.70. The van der Waals surface area contributed by atoms with Crippen LogP contribution < -0.4 is 0 Å². The van der Waals surface area contributed by atoms with Gasteiger partial charge in [-0.15, -0.1) is 12.6 Å². The van der Waals surface area contributed by atoms with Crippen LogP contribution in [0.5, 0.6) is 0 Å². The number of hydrogen-bond donors (Lipinski definition) is 1. The SMILES string of the molecule is CC(=O)c1ccc(S)cc1.[Na]. The normalized spacial score (nSPS) is 8.55. The van der Waals surface area contributed by atoms with E-state index in [1.54, 1.807) is 31.2 Å². The van der Waals surface area contributed by atoms with Crippen LogP contribution in [-0.2, 0) is 0 Å². The van der Waals surface area contributed by atoms with Crippen molar-refractivity contribution in [3.63, 3.8) is 0 Å². The van der Waals surface area contributed by atoms with E-state index in [4.69, 9.17) is 0 Å². The van der Waals surface area contributed by atoms with E-state index >= 15 is 0 Å². The molecule has 0 bridgehead atoms. The van der Waals surface area contributed by atoms with Gasteiger partial charge in [-0.2, -0.15) is 0 Å². The molecule has 1 aromatic carbocycles. The Labute approximate surface area is 93.9 Å². The molecule has 0 saturated carbocycles. The van der Waals surface area contributed by atoms with Crippen molar-refractivity contribution in [1.29, 1.82) is 0 Å². The van der Waals surface area contributed by atoms with Gasteiger partial charge in [0.25, 0.3) is 0 Å². The summed E-state index contributed by atoms with van der Waals surface area (Å²) in [7, 11) is 0. The quantitative estimate of drug-likeness (QED) is 0.391. The zero-order valence-corrected chi connectivity index (χ0v) is 9.56. The van der Waals surface area contributed by atoms with Crippen molar-refractivity contribution in [3.8, 4) is 0 Å². The second-order valence-electron chi connectivity index (χ2n) is 2.10. The molecule has 0 spiro atoms. The van der Waals surface area contributed by atoms with Gasteiger partial charge in [-0.1, -0.05) is 12.1 Å². The second-order valence-corrected chi connectivity index (χ2v) is 2.62. The van der Waals surface area contributed by atoms with E-state index in [0.717, 1.165) is 10.5 Å². The maximum Gasteiger partial charge on any atom is 0.159 e. The van der Waals surface area contributed by atoms with E-state index in [0.29, 0.717) is 0 Å². The molecule has 3 heteroatoms. The Morgan fingerprint density at radius 2 is 1.73 bits per heavy atom. The molecule has 0 heterocycles. The summed E-state index contributed by atoms with van der Waals surface area (Å²) in [4.78, 5) is 11.6. The molecule has 0 amide bonds. The first-order valence-corrected chi connectivity index (χ1v) is 3.45. The number of ketones is 1. The van der Waals surface area contributed by atoms with Crippen molar-refractivity contribution >= 4 is 48.0 Å². The van der Waals surface area contributed by atoms with Gasteiger partial charge in [-0.25, -0.2) is 0 Å². The minimum Gasteiger partial charge on any atom is -0.295 e. The Bertz CT molecular complexity index is 243. The van der Waals surface area contributed by atoms with E-state index in [1.165, 1.54) is 0 Å². The Balaban J connectivity index is 0.000001000. The summed E-state index contributed by atoms with van der Waals surface area (Å²) >= 11 is 4.09. The molecular formula is C8H8NaOS. The minimum absolute atomic E-state index is 0. The Morgan fingerprint density at radius 1 is 1.27 bits per heavy atom. The first-order valence-electron chi connectivity index (χ1n) is 3.00. The van der Waals surface area contributed by atoms with Gasteiger partial charge >= 0.3 is 0 Å². The molecule has 0 fully saturated rings. The fraction of sp³-hybridized carbons (Fsp3) is 0.125. The Morgan fingerprint density at radius 3 is 2.09 bits per heavy atom. The van der Waals surface area contributed by atoms with Crippen LogP contribution in [0, 0.1) is 0 Å². The van der Waals surface area contributed by atoms with Crippen molar-refractivity contribution in [2.75, 3.05) is 0 Å². The zero-order chi connectivity index (χ0) is 7.56. The molecular weight excluding hydrogens is 167 g/mol. The summed E-state index contributed by atoms with van der Waals surface area (Å²) in [6.45, 7) is 1.55. The summed E-state index contributed by atoms with van der Waals surface area (Å²) in [6, 6.07) is 7.15. The van der Waals surface area contributed by atoms with Gasteiger partial charge in [0, 0.05) is 40.0 Å². The third-order valence-electron chi connectivity index (χ3n) is 1.27. The molecule has 1 rings (SSSR count).